The molecule has 2 aromatic heterocycles. The molecular formula is C24H17N3O. The SMILES string of the molecule is O=C(Nc1cccc(-c2cn3ccccc3n2)c1)c1ccc2ccccc2c1. The molecule has 0 bridgehead atoms. The van der Waals surface area contributed by atoms with Crippen molar-refractivity contribution >= 4 is 28.0 Å². The van der Waals surface area contributed by atoms with E-state index in [-0.39, 0.29) is 5.91 Å². The molecule has 2 heterocycles. The molecule has 5 rings (SSSR count). The van der Waals surface area contributed by atoms with Gasteiger partial charge in [0.2, 0.25) is 0 Å². The van der Waals surface area contributed by atoms with Crippen LogP contribution in [0.1, 0.15) is 10.4 Å². The van der Waals surface area contributed by atoms with Gasteiger partial charge >= 0.3 is 0 Å². The first-order valence-electron chi connectivity index (χ1n) is 9.11. The number of benzene rings is 3. The lowest BCUT2D eigenvalue weighted by atomic mass is 10.1. The molecule has 1 amide bonds. The molecule has 0 saturated heterocycles. The van der Waals surface area contributed by atoms with E-state index in [9.17, 15) is 4.79 Å². The van der Waals surface area contributed by atoms with Gasteiger partial charge < -0.3 is 9.72 Å². The molecule has 0 fully saturated rings. The molecule has 134 valence electrons. The van der Waals surface area contributed by atoms with E-state index in [0.29, 0.717) is 5.56 Å². The lowest BCUT2D eigenvalue weighted by Crippen LogP contribution is -2.11. The van der Waals surface area contributed by atoms with Crippen LogP contribution in [0.3, 0.4) is 0 Å². The molecule has 4 nitrogen and oxygen atoms in total. The number of pyridine rings is 1. The summed E-state index contributed by atoms with van der Waals surface area (Å²) in [6, 6.07) is 27.4. The third-order valence-electron chi connectivity index (χ3n) is 4.79. The van der Waals surface area contributed by atoms with Crippen LogP contribution in [0.2, 0.25) is 0 Å². The van der Waals surface area contributed by atoms with Crippen LogP contribution in [0.15, 0.2) is 97.3 Å². The minimum absolute atomic E-state index is 0.127. The summed E-state index contributed by atoms with van der Waals surface area (Å²) in [5.41, 5.74) is 4.10. The number of rotatable bonds is 3. The number of hydrogen-bond donors (Lipinski definition) is 1. The van der Waals surface area contributed by atoms with Gasteiger partial charge in [0.05, 0.1) is 5.69 Å². The Morgan fingerprint density at radius 1 is 0.821 bits per heavy atom. The summed E-state index contributed by atoms with van der Waals surface area (Å²) in [4.78, 5) is 17.4. The summed E-state index contributed by atoms with van der Waals surface area (Å²) in [5.74, 6) is -0.127. The van der Waals surface area contributed by atoms with Gasteiger partial charge in [0, 0.05) is 29.2 Å². The average molecular weight is 363 g/mol. The number of fused-ring (bicyclic) bond motifs is 2. The average Bonchev–Trinajstić information content (AvgIpc) is 3.18. The third kappa shape index (κ3) is 3.01. The molecule has 28 heavy (non-hydrogen) atoms. The number of carbonyl (C=O) groups excluding carboxylic acids is 1. The van der Waals surface area contributed by atoms with Gasteiger partial charge in [0.15, 0.2) is 0 Å². The molecule has 0 saturated carbocycles. The Kier molecular flexibility index (Phi) is 3.87. The Hall–Kier alpha value is -3.92. The number of anilines is 1. The minimum atomic E-state index is -0.127. The van der Waals surface area contributed by atoms with Gasteiger partial charge in [0.25, 0.3) is 5.91 Å². The van der Waals surface area contributed by atoms with Crippen molar-refractivity contribution in [3.05, 3.63) is 103 Å². The standard InChI is InChI=1S/C24H17N3O/c28-24(20-12-11-17-6-1-2-7-18(17)14-20)25-21-9-5-8-19(15-21)22-16-27-13-4-3-10-23(27)26-22/h1-16H,(H,25,28). The first-order valence-corrected chi connectivity index (χ1v) is 9.11. The van der Waals surface area contributed by atoms with E-state index in [4.69, 9.17) is 0 Å². The summed E-state index contributed by atoms with van der Waals surface area (Å²) in [6.07, 6.45) is 3.96. The molecule has 3 aromatic carbocycles. The lowest BCUT2D eigenvalue weighted by molar-refractivity contribution is 0.102. The zero-order valence-corrected chi connectivity index (χ0v) is 15.0. The first kappa shape index (κ1) is 16.3. The van der Waals surface area contributed by atoms with Crippen LogP contribution < -0.4 is 5.32 Å². The first-order chi connectivity index (χ1) is 13.8. The fourth-order valence-corrected chi connectivity index (χ4v) is 3.36. The quantitative estimate of drug-likeness (QED) is 0.466. The molecule has 0 radical (unpaired) electrons. The Bertz CT molecular complexity index is 1290. The monoisotopic (exact) mass is 363 g/mol. The van der Waals surface area contributed by atoms with Crippen molar-refractivity contribution in [2.75, 3.05) is 5.32 Å². The second kappa shape index (κ2) is 6.67. The predicted molar refractivity (Wildman–Crippen MR) is 113 cm³/mol. The maximum Gasteiger partial charge on any atom is 0.255 e. The van der Waals surface area contributed by atoms with Gasteiger partial charge in [-0.1, -0.05) is 48.5 Å². The zero-order valence-electron chi connectivity index (χ0n) is 15.0. The summed E-state index contributed by atoms with van der Waals surface area (Å²) < 4.78 is 1.98. The van der Waals surface area contributed by atoms with Crippen molar-refractivity contribution in [2.45, 2.75) is 0 Å². The van der Waals surface area contributed by atoms with Crippen LogP contribution in [0, 0.1) is 0 Å². The van der Waals surface area contributed by atoms with Crippen LogP contribution in [0.4, 0.5) is 5.69 Å². The largest absolute Gasteiger partial charge is 0.322 e. The fraction of sp³-hybridized carbons (Fsp3) is 0. The summed E-state index contributed by atoms with van der Waals surface area (Å²) in [7, 11) is 0. The Labute approximate surface area is 162 Å². The van der Waals surface area contributed by atoms with Gasteiger partial charge in [-0.05, 0) is 47.2 Å². The molecular weight excluding hydrogens is 346 g/mol. The highest BCUT2D eigenvalue weighted by Crippen LogP contribution is 2.23. The number of nitrogens with zero attached hydrogens (tertiary/aromatic N) is 2. The van der Waals surface area contributed by atoms with Gasteiger partial charge in [-0.3, -0.25) is 4.79 Å². The molecule has 0 unspecified atom stereocenters. The van der Waals surface area contributed by atoms with Crippen LogP contribution in [-0.4, -0.2) is 15.3 Å². The number of aromatic nitrogens is 2. The minimum Gasteiger partial charge on any atom is -0.322 e. The molecule has 0 aliphatic heterocycles. The molecule has 1 N–H and O–H groups in total. The van der Waals surface area contributed by atoms with Gasteiger partial charge in [0.1, 0.15) is 5.65 Å². The summed E-state index contributed by atoms with van der Waals surface area (Å²) in [5, 5.41) is 5.16. The second-order valence-corrected chi connectivity index (χ2v) is 6.69. The van der Waals surface area contributed by atoms with Gasteiger partial charge in [-0.15, -0.1) is 0 Å². The molecule has 5 aromatic rings. The van der Waals surface area contributed by atoms with Crippen molar-refractivity contribution in [1.82, 2.24) is 9.38 Å². The maximum atomic E-state index is 12.7. The van der Waals surface area contributed by atoms with E-state index in [1.165, 1.54) is 0 Å². The van der Waals surface area contributed by atoms with Crippen LogP contribution in [0.5, 0.6) is 0 Å². The van der Waals surface area contributed by atoms with Crippen molar-refractivity contribution in [3.8, 4) is 11.3 Å². The molecule has 0 aliphatic carbocycles. The van der Waals surface area contributed by atoms with E-state index >= 15 is 0 Å². The van der Waals surface area contributed by atoms with Gasteiger partial charge in [-0.25, -0.2) is 4.98 Å². The smallest absolute Gasteiger partial charge is 0.255 e. The van der Waals surface area contributed by atoms with E-state index in [2.05, 4.69) is 10.3 Å². The van der Waals surface area contributed by atoms with E-state index in [0.717, 1.165) is 33.4 Å². The second-order valence-electron chi connectivity index (χ2n) is 6.69. The Morgan fingerprint density at radius 2 is 1.68 bits per heavy atom. The molecule has 0 aliphatic rings. The zero-order chi connectivity index (χ0) is 18.9. The van der Waals surface area contributed by atoms with Crippen LogP contribution in [0.25, 0.3) is 27.7 Å². The topological polar surface area (TPSA) is 46.4 Å². The van der Waals surface area contributed by atoms with Crippen LogP contribution in [-0.2, 0) is 0 Å². The van der Waals surface area contributed by atoms with Crippen molar-refractivity contribution in [2.24, 2.45) is 0 Å². The third-order valence-corrected chi connectivity index (χ3v) is 4.79. The number of hydrogen-bond acceptors (Lipinski definition) is 2. The predicted octanol–water partition coefficient (Wildman–Crippen LogP) is 5.41. The summed E-state index contributed by atoms with van der Waals surface area (Å²) >= 11 is 0. The van der Waals surface area contributed by atoms with Crippen molar-refractivity contribution < 1.29 is 4.79 Å². The molecule has 0 atom stereocenters. The highest BCUT2D eigenvalue weighted by atomic mass is 16.1. The van der Waals surface area contributed by atoms with E-state index in [1.807, 2.05) is 102 Å². The number of nitrogens with one attached hydrogen (secondary N) is 1. The summed E-state index contributed by atoms with van der Waals surface area (Å²) in [6.45, 7) is 0. The Balaban J connectivity index is 1.43. The molecule has 0 spiro atoms. The lowest BCUT2D eigenvalue weighted by Gasteiger charge is -2.07. The van der Waals surface area contributed by atoms with Crippen molar-refractivity contribution in [1.29, 1.82) is 0 Å². The van der Waals surface area contributed by atoms with Crippen molar-refractivity contribution in [3.63, 3.8) is 0 Å². The van der Waals surface area contributed by atoms with E-state index in [1.54, 1.807) is 0 Å². The number of carbonyl (C=O) groups is 1. The number of imidazole rings is 1. The van der Waals surface area contributed by atoms with E-state index < -0.39 is 0 Å². The fourth-order valence-electron chi connectivity index (χ4n) is 3.36. The highest BCUT2D eigenvalue weighted by molar-refractivity contribution is 6.06. The van der Waals surface area contributed by atoms with Crippen LogP contribution >= 0.6 is 0 Å². The van der Waals surface area contributed by atoms with Gasteiger partial charge in [-0.2, -0.15) is 0 Å². The molecule has 4 heteroatoms. The maximum absolute atomic E-state index is 12.7. The normalized spacial score (nSPS) is 11.0. The Morgan fingerprint density at radius 3 is 2.57 bits per heavy atom. The highest BCUT2D eigenvalue weighted by Gasteiger charge is 2.09. The number of amides is 1.